The Morgan fingerprint density at radius 2 is 2.22 bits per heavy atom. The first-order valence-corrected chi connectivity index (χ1v) is 8.29. The summed E-state index contributed by atoms with van der Waals surface area (Å²) < 4.78 is 0. The molecule has 0 aromatic heterocycles. The van der Waals surface area contributed by atoms with E-state index in [4.69, 9.17) is 11.6 Å². The second kappa shape index (κ2) is 7.79. The van der Waals surface area contributed by atoms with Crippen LogP contribution in [0.25, 0.3) is 0 Å². The minimum absolute atomic E-state index is 0.179. The second-order valence-corrected chi connectivity index (χ2v) is 6.78. The predicted octanol–water partition coefficient (Wildman–Crippen LogP) is 2.22. The van der Waals surface area contributed by atoms with E-state index in [-0.39, 0.29) is 18.4 Å². The van der Waals surface area contributed by atoms with Crippen LogP contribution in [0.2, 0.25) is 5.02 Å². The van der Waals surface area contributed by atoms with Gasteiger partial charge >= 0.3 is 0 Å². The van der Waals surface area contributed by atoms with Gasteiger partial charge in [0.25, 0.3) is 0 Å². The largest absolute Gasteiger partial charge is 0.391 e. The van der Waals surface area contributed by atoms with Crippen molar-refractivity contribution in [3.05, 3.63) is 29.3 Å². The van der Waals surface area contributed by atoms with Crippen molar-refractivity contribution in [3.63, 3.8) is 0 Å². The summed E-state index contributed by atoms with van der Waals surface area (Å²) in [6.07, 6.45) is 0.504. The van der Waals surface area contributed by atoms with Gasteiger partial charge in [-0.05, 0) is 37.0 Å². The Balaban J connectivity index is 1.92. The topological polar surface area (TPSA) is 69.6 Å². The minimum Gasteiger partial charge on any atom is -0.391 e. The SMILES string of the molecule is CC(C)CC(O)CNC(=O)C1CCN(c2cccc(Cl)c2)C1=O. The zero-order chi connectivity index (χ0) is 17.0. The van der Waals surface area contributed by atoms with Gasteiger partial charge in [-0.15, -0.1) is 0 Å². The normalized spacial score (nSPS) is 19.3. The highest BCUT2D eigenvalue weighted by molar-refractivity contribution is 6.31. The fourth-order valence-electron chi connectivity index (χ4n) is 2.79. The molecule has 1 saturated heterocycles. The first-order valence-electron chi connectivity index (χ1n) is 7.91. The molecular weight excluding hydrogens is 316 g/mol. The lowest BCUT2D eigenvalue weighted by molar-refractivity contribution is -0.132. The van der Waals surface area contributed by atoms with E-state index in [1.54, 1.807) is 29.2 Å². The number of rotatable bonds is 6. The van der Waals surface area contributed by atoms with Crippen LogP contribution in [0.15, 0.2) is 24.3 Å². The Hall–Kier alpha value is -1.59. The maximum Gasteiger partial charge on any atom is 0.239 e. The smallest absolute Gasteiger partial charge is 0.239 e. The van der Waals surface area contributed by atoms with Crippen molar-refractivity contribution < 1.29 is 14.7 Å². The van der Waals surface area contributed by atoms with Crippen LogP contribution in [-0.2, 0) is 9.59 Å². The van der Waals surface area contributed by atoms with Crippen LogP contribution >= 0.6 is 11.6 Å². The molecule has 2 atom stereocenters. The monoisotopic (exact) mass is 338 g/mol. The summed E-state index contributed by atoms with van der Waals surface area (Å²) >= 11 is 5.95. The summed E-state index contributed by atoms with van der Waals surface area (Å²) in [6, 6.07) is 7.04. The third kappa shape index (κ3) is 4.69. The third-order valence-electron chi connectivity index (χ3n) is 3.90. The molecule has 0 bridgehead atoms. The Kier molecular flexibility index (Phi) is 6.02. The van der Waals surface area contributed by atoms with E-state index in [0.29, 0.717) is 36.0 Å². The van der Waals surface area contributed by atoms with E-state index >= 15 is 0 Å². The molecular formula is C17H23ClN2O3. The van der Waals surface area contributed by atoms with Crippen LogP contribution in [0.5, 0.6) is 0 Å². The van der Waals surface area contributed by atoms with Crippen LogP contribution in [0.1, 0.15) is 26.7 Å². The lowest BCUT2D eigenvalue weighted by Crippen LogP contribution is -2.40. The molecule has 2 unspecified atom stereocenters. The molecule has 0 aliphatic carbocycles. The summed E-state index contributed by atoms with van der Waals surface area (Å²) in [5, 5.41) is 13.0. The van der Waals surface area contributed by atoms with Crippen molar-refractivity contribution in [2.24, 2.45) is 11.8 Å². The molecule has 2 rings (SSSR count). The molecule has 0 spiro atoms. The molecule has 0 radical (unpaired) electrons. The Morgan fingerprint density at radius 3 is 2.87 bits per heavy atom. The van der Waals surface area contributed by atoms with Gasteiger partial charge in [0, 0.05) is 23.8 Å². The Labute approximate surface area is 141 Å². The molecule has 6 heteroatoms. The Morgan fingerprint density at radius 1 is 1.48 bits per heavy atom. The molecule has 2 amide bonds. The van der Waals surface area contributed by atoms with Crippen molar-refractivity contribution in [1.29, 1.82) is 0 Å². The molecule has 1 heterocycles. The fourth-order valence-corrected chi connectivity index (χ4v) is 2.98. The molecule has 1 aromatic carbocycles. The molecule has 0 saturated carbocycles. The van der Waals surface area contributed by atoms with E-state index in [1.165, 1.54) is 0 Å². The number of amides is 2. The number of nitrogens with zero attached hydrogens (tertiary/aromatic N) is 1. The first-order chi connectivity index (χ1) is 10.9. The van der Waals surface area contributed by atoms with Gasteiger partial charge in [-0.25, -0.2) is 0 Å². The number of carbonyl (C=O) groups is 2. The maximum absolute atomic E-state index is 12.4. The summed E-state index contributed by atoms with van der Waals surface area (Å²) in [5.74, 6) is -0.876. The quantitative estimate of drug-likeness (QED) is 0.781. The third-order valence-corrected chi connectivity index (χ3v) is 4.13. The molecule has 126 valence electrons. The Bertz CT molecular complexity index is 577. The first kappa shape index (κ1) is 17.8. The number of aliphatic hydroxyl groups excluding tert-OH is 1. The van der Waals surface area contributed by atoms with E-state index in [0.717, 1.165) is 0 Å². The van der Waals surface area contributed by atoms with E-state index in [2.05, 4.69) is 5.32 Å². The second-order valence-electron chi connectivity index (χ2n) is 6.34. The molecule has 1 aromatic rings. The summed E-state index contributed by atoms with van der Waals surface area (Å²) in [5.41, 5.74) is 0.706. The van der Waals surface area contributed by atoms with Crippen LogP contribution in [0.3, 0.4) is 0 Å². The van der Waals surface area contributed by atoms with Gasteiger partial charge in [0.15, 0.2) is 0 Å². The number of halogens is 1. The predicted molar refractivity (Wildman–Crippen MR) is 90.4 cm³/mol. The lowest BCUT2D eigenvalue weighted by atomic mass is 10.0. The highest BCUT2D eigenvalue weighted by Crippen LogP contribution is 2.27. The maximum atomic E-state index is 12.4. The molecule has 1 aliphatic heterocycles. The average Bonchev–Trinajstić information content (AvgIpc) is 2.86. The minimum atomic E-state index is -0.694. The number of anilines is 1. The van der Waals surface area contributed by atoms with Crippen molar-refractivity contribution >= 4 is 29.1 Å². The molecule has 23 heavy (non-hydrogen) atoms. The fraction of sp³-hybridized carbons (Fsp3) is 0.529. The van der Waals surface area contributed by atoms with Crippen molar-refractivity contribution in [2.45, 2.75) is 32.8 Å². The molecule has 5 nitrogen and oxygen atoms in total. The number of hydrogen-bond donors (Lipinski definition) is 2. The van der Waals surface area contributed by atoms with E-state index < -0.39 is 12.0 Å². The van der Waals surface area contributed by atoms with Gasteiger partial charge in [0.05, 0.1) is 6.10 Å². The van der Waals surface area contributed by atoms with Crippen molar-refractivity contribution in [1.82, 2.24) is 5.32 Å². The van der Waals surface area contributed by atoms with Crippen molar-refractivity contribution in [3.8, 4) is 0 Å². The van der Waals surface area contributed by atoms with E-state index in [9.17, 15) is 14.7 Å². The summed E-state index contributed by atoms with van der Waals surface area (Å²) in [7, 11) is 0. The highest BCUT2D eigenvalue weighted by Gasteiger charge is 2.37. The van der Waals surface area contributed by atoms with Crippen LogP contribution in [-0.4, -0.2) is 36.1 Å². The van der Waals surface area contributed by atoms with Crippen molar-refractivity contribution in [2.75, 3.05) is 18.0 Å². The molecule has 1 fully saturated rings. The van der Waals surface area contributed by atoms with Gasteiger partial charge in [-0.3, -0.25) is 9.59 Å². The average molecular weight is 339 g/mol. The van der Waals surface area contributed by atoms with Gasteiger partial charge in [0.2, 0.25) is 11.8 Å². The number of aliphatic hydroxyl groups is 1. The summed E-state index contributed by atoms with van der Waals surface area (Å²) in [4.78, 5) is 26.2. The number of nitrogens with one attached hydrogen (secondary N) is 1. The van der Waals surface area contributed by atoms with Gasteiger partial charge in [-0.1, -0.05) is 31.5 Å². The molecule has 2 N–H and O–H groups in total. The zero-order valence-corrected chi connectivity index (χ0v) is 14.2. The number of benzene rings is 1. The van der Waals surface area contributed by atoms with Gasteiger partial charge in [-0.2, -0.15) is 0 Å². The van der Waals surface area contributed by atoms with Crippen LogP contribution < -0.4 is 10.2 Å². The van der Waals surface area contributed by atoms with Crippen LogP contribution in [0.4, 0.5) is 5.69 Å². The highest BCUT2D eigenvalue weighted by atomic mass is 35.5. The van der Waals surface area contributed by atoms with Crippen LogP contribution in [0, 0.1) is 11.8 Å². The lowest BCUT2D eigenvalue weighted by Gasteiger charge is -2.18. The van der Waals surface area contributed by atoms with Gasteiger partial charge in [0.1, 0.15) is 5.92 Å². The number of hydrogen-bond acceptors (Lipinski definition) is 3. The number of carbonyl (C=O) groups excluding carboxylic acids is 2. The summed E-state index contributed by atoms with van der Waals surface area (Å²) in [6.45, 7) is 4.69. The van der Waals surface area contributed by atoms with E-state index in [1.807, 2.05) is 13.8 Å². The van der Waals surface area contributed by atoms with Gasteiger partial charge < -0.3 is 15.3 Å². The zero-order valence-electron chi connectivity index (χ0n) is 13.5. The standard InChI is InChI=1S/C17H23ClN2O3/c1-11(2)8-14(21)10-19-16(22)15-6-7-20(17(15)23)13-5-3-4-12(18)9-13/h3-5,9,11,14-15,21H,6-8,10H2,1-2H3,(H,19,22). The molecule has 1 aliphatic rings.